The lowest BCUT2D eigenvalue weighted by Gasteiger charge is -2.20. The summed E-state index contributed by atoms with van der Waals surface area (Å²) in [7, 11) is -4.33. The molecule has 0 unspecified atom stereocenters. The molecule has 0 fully saturated rings. The maximum Gasteiger partial charge on any atom is 0.347 e. The number of hydrogen-bond donors (Lipinski definition) is 2. The first kappa shape index (κ1) is 19.2. The van der Waals surface area contributed by atoms with Crippen LogP contribution in [0.15, 0.2) is 56.6 Å². The van der Waals surface area contributed by atoms with Crippen LogP contribution in [-0.2, 0) is 10.1 Å². The second kappa shape index (κ2) is 7.02. The minimum absolute atomic E-state index is 0.234. The van der Waals surface area contributed by atoms with Crippen molar-refractivity contribution in [1.82, 2.24) is 9.97 Å². The molecule has 150 valence electrons. The maximum absolute atomic E-state index is 12.6. The number of imidazole rings is 1. The van der Waals surface area contributed by atoms with Gasteiger partial charge in [-0.3, -0.25) is 4.55 Å². The van der Waals surface area contributed by atoms with E-state index < -0.39 is 15.7 Å². The molecule has 2 aromatic carbocycles. The van der Waals surface area contributed by atoms with Crippen LogP contribution in [0.25, 0.3) is 33.4 Å². The highest BCUT2D eigenvalue weighted by Crippen LogP contribution is 2.26. The Kier molecular flexibility index (Phi) is 4.64. The Bertz CT molecular complexity index is 1380. The number of hydrogen-bond acceptors (Lipinski definition) is 6. The Morgan fingerprint density at radius 2 is 1.86 bits per heavy atom. The zero-order valence-corrected chi connectivity index (χ0v) is 16.7. The lowest BCUT2D eigenvalue weighted by molar-refractivity contribution is 0.483. The summed E-state index contributed by atoms with van der Waals surface area (Å²) >= 11 is 0. The van der Waals surface area contributed by atoms with E-state index in [4.69, 9.17) is 4.42 Å². The Balaban J connectivity index is 1.82. The lowest BCUT2D eigenvalue weighted by Crippen LogP contribution is -2.21. The van der Waals surface area contributed by atoms with Gasteiger partial charge in [-0.25, -0.2) is 9.78 Å². The number of nitrogens with one attached hydrogen (secondary N) is 1. The third-order valence-electron chi connectivity index (χ3n) is 4.85. The fraction of sp³-hybridized carbons (Fsp3) is 0.200. The summed E-state index contributed by atoms with van der Waals surface area (Å²) in [6.45, 7) is 5.80. The molecule has 4 rings (SSSR count). The summed E-state index contributed by atoms with van der Waals surface area (Å²) in [4.78, 5) is 21.7. The lowest BCUT2D eigenvalue weighted by atomic mass is 10.1. The molecule has 0 saturated heterocycles. The zero-order valence-electron chi connectivity index (χ0n) is 15.8. The molecule has 4 aromatic rings. The molecule has 9 heteroatoms. The fourth-order valence-electron chi connectivity index (χ4n) is 3.33. The maximum atomic E-state index is 12.6. The molecule has 0 saturated carbocycles. The molecule has 2 aromatic heterocycles. The van der Waals surface area contributed by atoms with Crippen molar-refractivity contribution in [3.63, 3.8) is 0 Å². The number of nitrogens with zero attached hydrogens (tertiary/aromatic N) is 2. The van der Waals surface area contributed by atoms with Crippen LogP contribution in [0.3, 0.4) is 0 Å². The van der Waals surface area contributed by atoms with E-state index in [9.17, 15) is 17.8 Å². The van der Waals surface area contributed by atoms with Crippen LogP contribution >= 0.6 is 0 Å². The van der Waals surface area contributed by atoms with Gasteiger partial charge in [0, 0.05) is 30.2 Å². The van der Waals surface area contributed by atoms with Crippen LogP contribution in [0.1, 0.15) is 13.8 Å². The van der Waals surface area contributed by atoms with E-state index in [0.29, 0.717) is 16.6 Å². The molecule has 0 spiro atoms. The largest absolute Gasteiger partial charge is 0.422 e. The molecule has 0 aliphatic heterocycles. The standard InChI is InChI=1S/C20H19N3O5S/c1-3-23(4-2)13-6-5-12-9-15(20(24)28-18(12)10-13)19-21-16-8-7-14(29(25,26)27)11-17(16)22-19/h5-11H,3-4H2,1-2H3,(H,21,22)(H,25,26,27). The summed E-state index contributed by atoms with van der Waals surface area (Å²) in [5.74, 6) is 0.260. The van der Waals surface area contributed by atoms with Crippen molar-refractivity contribution in [1.29, 1.82) is 0 Å². The summed E-state index contributed by atoms with van der Waals surface area (Å²) in [5.41, 5.74) is 1.98. The van der Waals surface area contributed by atoms with E-state index in [1.54, 1.807) is 6.07 Å². The average molecular weight is 413 g/mol. The predicted molar refractivity (Wildman–Crippen MR) is 111 cm³/mol. The quantitative estimate of drug-likeness (QED) is 0.380. The molecule has 0 bridgehead atoms. The average Bonchev–Trinajstić information content (AvgIpc) is 3.10. The molecular weight excluding hydrogens is 394 g/mol. The Morgan fingerprint density at radius 3 is 2.55 bits per heavy atom. The molecule has 0 aliphatic rings. The summed E-state index contributed by atoms with van der Waals surface area (Å²) < 4.78 is 37.4. The summed E-state index contributed by atoms with van der Waals surface area (Å²) in [5, 5.41) is 0.745. The van der Waals surface area contributed by atoms with Crippen molar-refractivity contribution in [2.24, 2.45) is 0 Å². The number of aromatic nitrogens is 2. The highest BCUT2D eigenvalue weighted by Gasteiger charge is 2.16. The summed E-state index contributed by atoms with van der Waals surface area (Å²) in [6.07, 6.45) is 0. The Morgan fingerprint density at radius 1 is 1.10 bits per heavy atom. The number of aromatic amines is 1. The second-order valence-electron chi connectivity index (χ2n) is 6.58. The van der Waals surface area contributed by atoms with Gasteiger partial charge in [0.25, 0.3) is 10.1 Å². The van der Waals surface area contributed by atoms with Crippen LogP contribution in [0.2, 0.25) is 0 Å². The molecule has 0 radical (unpaired) electrons. The van der Waals surface area contributed by atoms with E-state index in [1.807, 2.05) is 18.2 Å². The molecule has 29 heavy (non-hydrogen) atoms. The molecular formula is C20H19N3O5S. The highest BCUT2D eigenvalue weighted by atomic mass is 32.2. The van der Waals surface area contributed by atoms with Crippen LogP contribution in [0, 0.1) is 0 Å². The van der Waals surface area contributed by atoms with E-state index in [2.05, 4.69) is 28.7 Å². The first-order valence-electron chi connectivity index (χ1n) is 9.10. The molecule has 0 amide bonds. The highest BCUT2D eigenvalue weighted by molar-refractivity contribution is 7.85. The monoisotopic (exact) mass is 413 g/mol. The Labute approximate surface area is 166 Å². The van der Waals surface area contributed by atoms with Crippen molar-refractivity contribution in [2.75, 3.05) is 18.0 Å². The van der Waals surface area contributed by atoms with Gasteiger partial charge in [-0.2, -0.15) is 8.42 Å². The number of anilines is 1. The van der Waals surface area contributed by atoms with Gasteiger partial charge in [-0.05, 0) is 50.2 Å². The van der Waals surface area contributed by atoms with Gasteiger partial charge in [-0.15, -0.1) is 0 Å². The number of H-pyrrole nitrogens is 1. The molecule has 2 heterocycles. The fourth-order valence-corrected chi connectivity index (χ4v) is 3.83. The minimum atomic E-state index is -4.33. The van der Waals surface area contributed by atoms with E-state index in [1.165, 1.54) is 18.2 Å². The van der Waals surface area contributed by atoms with Crippen molar-refractivity contribution in [2.45, 2.75) is 18.7 Å². The topological polar surface area (TPSA) is 116 Å². The first-order valence-corrected chi connectivity index (χ1v) is 10.5. The van der Waals surface area contributed by atoms with Crippen molar-refractivity contribution in [3.8, 4) is 11.4 Å². The summed E-state index contributed by atoms with van der Waals surface area (Å²) in [6, 6.07) is 11.3. The van der Waals surface area contributed by atoms with Gasteiger partial charge in [-0.1, -0.05) is 0 Å². The number of fused-ring (bicyclic) bond motifs is 2. The third-order valence-corrected chi connectivity index (χ3v) is 5.70. The third kappa shape index (κ3) is 3.50. The van der Waals surface area contributed by atoms with Gasteiger partial charge in [0.1, 0.15) is 17.0 Å². The number of rotatable bonds is 5. The molecule has 0 aliphatic carbocycles. The van der Waals surface area contributed by atoms with Crippen LogP contribution in [0.4, 0.5) is 5.69 Å². The van der Waals surface area contributed by atoms with Gasteiger partial charge in [0.2, 0.25) is 0 Å². The first-order chi connectivity index (χ1) is 13.8. The molecule has 2 N–H and O–H groups in total. The molecule has 0 atom stereocenters. The van der Waals surface area contributed by atoms with Crippen molar-refractivity contribution < 1.29 is 17.4 Å². The van der Waals surface area contributed by atoms with Crippen molar-refractivity contribution >= 4 is 37.8 Å². The van der Waals surface area contributed by atoms with Gasteiger partial charge < -0.3 is 14.3 Å². The van der Waals surface area contributed by atoms with Crippen LogP contribution < -0.4 is 10.5 Å². The van der Waals surface area contributed by atoms with Crippen LogP contribution in [-0.4, -0.2) is 36.0 Å². The van der Waals surface area contributed by atoms with Crippen molar-refractivity contribution in [3.05, 3.63) is 52.9 Å². The molecule has 8 nitrogen and oxygen atoms in total. The van der Waals surface area contributed by atoms with Gasteiger partial charge >= 0.3 is 5.63 Å². The van der Waals surface area contributed by atoms with Crippen LogP contribution in [0.5, 0.6) is 0 Å². The SMILES string of the molecule is CCN(CC)c1ccc2cc(-c3nc4ccc(S(=O)(=O)O)cc4[nH]3)c(=O)oc2c1. The van der Waals surface area contributed by atoms with E-state index in [0.717, 1.165) is 24.2 Å². The van der Waals surface area contributed by atoms with Gasteiger partial charge in [0.15, 0.2) is 0 Å². The normalized spacial score (nSPS) is 12.0. The minimum Gasteiger partial charge on any atom is -0.422 e. The Hall–Kier alpha value is -3.17. The smallest absolute Gasteiger partial charge is 0.347 e. The second-order valence-corrected chi connectivity index (χ2v) is 8.00. The van der Waals surface area contributed by atoms with E-state index >= 15 is 0 Å². The number of benzene rings is 2. The van der Waals surface area contributed by atoms with Gasteiger partial charge in [0.05, 0.1) is 15.9 Å². The van der Waals surface area contributed by atoms with E-state index in [-0.39, 0.29) is 16.3 Å². The zero-order chi connectivity index (χ0) is 20.8. The predicted octanol–water partition coefficient (Wildman–Crippen LogP) is 3.43.